The van der Waals surface area contributed by atoms with Gasteiger partial charge in [0, 0.05) is 29.0 Å². The summed E-state index contributed by atoms with van der Waals surface area (Å²) in [5.41, 5.74) is 2.54. The normalized spacial score (nSPS) is 20.8. The lowest BCUT2D eigenvalue weighted by molar-refractivity contribution is -0.385. The number of rotatable bonds is 7. The number of hydrogen-bond acceptors (Lipinski definition) is 9. The van der Waals surface area contributed by atoms with E-state index in [4.69, 9.17) is 18.9 Å². The van der Waals surface area contributed by atoms with E-state index in [-0.39, 0.29) is 53.6 Å². The fraction of sp³-hybridized carbons (Fsp3) is 0.379. The van der Waals surface area contributed by atoms with Crippen LogP contribution in [0.5, 0.6) is 17.2 Å². The summed E-state index contributed by atoms with van der Waals surface area (Å²) >= 11 is 0. The Kier molecular flexibility index (Phi) is 7.03. The van der Waals surface area contributed by atoms with Crippen molar-refractivity contribution in [2.45, 2.75) is 58.0 Å². The van der Waals surface area contributed by atoms with Crippen LogP contribution in [0.2, 0.25) is 0 Å². The molecule has 2 aromatic rings. The van der Waals surface area contributed by atoms with E-state index >= 15 is 0 Å². The monoisotopic (exact) mass is 534 g/mol. The fourth-order valence-electron chi connectivity index (χ4n) is 5.40. The second-order valence-electron chi connectivity index (χ2n) is 9.94. The van der Waals surface area contributed by atoms with Crippen molar-refractivity contribution >= 4 is 17.4 Å². The Labute approximate surface area is 225 Å². The number of methoxy groups -OCH3 is 1. The van der Waals surface area contributed by atoms with E-state index in [1.165, 1.54) is 12.1 Å². The van der Waals surface area contributed by atoms with Gasteiger partial charge in [-0.05, 0) is 56.4 Å². The molecule has 10 nitrogen and oxygen atoms in total. The highest BCUT2D eigenvalue weighted by atomic mass is 16.7. The first-order valence-electron chi connectivity index (χ1n) is 12.9. The number of benzene rings is 2. The number of carbonyl (C=O) groups excluding carboxylic acids is 2. The molecule has 0 aromatic heterocycles. The third kappa shape index (κ3) is 4.82. The van der Waals surface area contributed by atoms with E-state index in [2.05, 4.69) is 5.32 Å². The zero-order chi connectivity index (χ0) is 27.8. The van der Waals surface area contributed by atoms with Crippen molar-refractivity contribution in [3.8, 4) is 17.2 Å². The van der Waals surface area contributed by atoms with Gasteiger partial charge in [0.05, 0.1) is 35.7 Å². The molecule has 0 radical (unpaired) electrons. The molecule has 1 aliphatic carbocycles. The van der Waals surface area contributed by atoms with Gasteiger partial charge in [-0.25, -0.2) is 4.79 Å². The van der Waals surface area contributed by atoms with Crippen molar-refractivity contribution in [3.05, 3.63) is 80.2 Å². The minimum atomic E-state index is -1.00. The molecular weight excluding hydrogens is 504 g/mol. The summed E-state index contributed by atoms with van der Waals surface area (Å²) in [6.45, 7) is 5.32. The first kappa shape index (κ1) is 26.3. The second kappa shape index (κ2) is 10.4. The Morgan fingerprint density at radius 2 is 1.87 bits per heavy atom. The Hall–Kier alpha value is -4.34. The van der Waals surface area contributed by atoms with Crippen LogP contribution in [0.25, 0.3) is 0 Å². The molecule has 1 N–H and O–H groups in total. The summed E-state index contributed by atoms with van der Waals surface area (Å²) in [5, 5.41) is 15.5. The molecule has 0 amide bonds. The predicted octanol–water partition coefficient (Wildman–Crippen LogP) is 5.04. The van der Waals surface area contributed by atoms with Gasteiger partial charge >= 0.3 is 5.97 Å². The number of dihydropyridines is 1. The number of nitrogens with one attached hydrogen (secondary N) is 1. The van der Waals surface area contributed by atoms with Crippen molar-refractivity contribution in [3.63, 3.8) is 0 Å². The Bertz CT molecular complexity index is 1410. The molecule has 10 heteroatoms. The molecule has 0 bridgehead atoms. The maximum atomic E-state index is 13.9. The molecule has 0 saturated heterocycles. The summed E-state index contributed by atoms with van der Waals surface area (Å²) in [5.74, 6) is -0.642. The maximum absolute atomic E-state index is 13.9. The average Bonchev–Trinajstić information content (AvgIpc) is 3.39. The van der Waals surface area contributed by atoms with Gasteiger partial charge in [-0.3, -0.25) is 14.9 Å². The number of fused-ring (bicyclic) bond motifs is 1. The average molecular weight is 535 g/mol. The SMILES string of the molecule is CC[C@H](C)OC(=O)C1=C(C)NC2=C(C(=O)C[C@@H](c3ccc(OC)cc3)C2)[C@@H]1c1cc2c(cc1[N+](=O)[O-])OCO2. The molecule has 2 aromatic carbocycles. The van der Waals surface area contributed by atoms with Gasteiger partial charge in [0.25, 0.3) is 5.69 Å². The quantitative estimate of drug-likeness (QED) is 0.295. The fourth-order valence-corrected chi connectivity index (χ4v) is 5.40. The zero-order valence-corrected chi connectivity index (χ0v) is 22.2. The van der Waals surface area contributed by atoms with Crippen LogP contribution in [0.15, 0.2) is 58.9 Å². The molecule has 0 spiro atoms. The molecule has 39 heavy (non-hydrogen) atoms. The van der Waals surface area contributed by atoms with Gasteiger partial charge < -0.3 is 24.3 Å². The van der Waals surface area contributed by atoms with E-state index in [9.17, 15) is 19.7 Å². The van der Waals surface area contributed by atoms with Crippen molar-refractivity contribution in [1.29, 1.82) is 0 Å². The number of hydrogen-bond donors (Lipinski definition) is 1. The first-order chi connectivity index (χ1) is 18.7. The van der Waals surface area contributed by atoms with Crippen LogP contribution in [0.1, 0.15) is 63.0 Å². The van der Waals surface area contributed by atoms with Crippen LogP contribution in [0, 0.1) is 10.1 Å². The van der Waals surface area contributed by atoms with Crippen molar-refractivity contribution in [2.24, 2.45) is 0 Å². The van der Waals surface area contributed by atoms with Crippen LogP contribution < -0.4 is 19.5 Å². The van der Waals surface area contributed by atoms with Gasteiger partial charge in [0.2, 0.25) is 6.79 Å². The van der Waals surface area contributed by atoms with E-state index in [1.54, 1.807) is 21.0 Å². The molecule has 0 fully saturated rings. The predicted molar refractivity (Wildman–Crippen MR) is 141 cm³/mol. The topological polar surface area (TPSA) is 126 Å². The molecule has 3 aliphatic rings. The number of carbonyl (C=O) groups is 2. The Balaban J connectivity index is 1.64. The van der Waals surface area contributed by atoms with E-state index in [1.807, 2.05) is 31.2 Å². The van der Waals surface area contributed by atoms with Crippen LogP contribution in [-0.2, 0) is 14.3 Å². The van der Waals surface area contributed by atoms with E-state index < -0.39 is 16.8 Å². The number of allylic oxidation sites excluding steroid dienone is 3. The van der Waals surface area contributed by atoms with Gasteiger partial charge in [-0.15, -0.1) is 0 Å². The second-order valence-corrected chi connectivity index (χ2v) is 9.94. The lowest BCUT2D eigenvalue weighted by atomic mass is 9.71. The zero-order valence-electron chi connectivity index (χ0n) is 22.2. The standard InChI is InChI=1S/C29H30N2O8/c1-5-15(2)39-29(33)26-16(3)30-21-10-18(17-6-8-19(36-4)9-7-17)11-23(32)28(21)27(26)20-12-24-25(38-14-37-24)13-22(20)31(34)35/h6-9,12-13,15,18,27,30H,5,10-11,14H2,1-4H3/t15-,18-,27+/m0/s1. The highest BCUT2D eigenvalue weighted by Gasteiger charge is 2.44. The molecule has 2 heterocycles. The van der Waals surface area contributed by atoms with Crippen molar-refractivity contribution in [2.75, 3.05) is 13.9 Å². The highest BCUT2D eigenvalue weighted by molar-refractivity contribution is 6.04. The summed E-state index contributed by atoms with van der Waals surface area (Å²) in [4.78, 5) is 39.1. The number of nitro benzene ring substituents is 1. The number of esters is 1. The van der Waals surface area contributed by atoms with Crippen LogP contribution in [0.4, 0.5) is 5.69 Å². The van der Waals surface area contributed by atoms with Gasteiger partial charge in [0.15, 0.2) is 17.3 Å². The molecule has 0 saturated carbocycles. The first-order valence-corrected chi connectivity index (χ1v) is 12.9. The smallest absolute Gasteiger partial charge is 0.337 e. The molecule has 204 valence electrons. The third-order valence-electron chi connectivity index (χ3n) is 7.55. The molecule has 0 unspecified atom stereocenters. The minimum absolute atomic E-state index is 0.0731. The summed E-state index contributed by atoms with van der Waals surface area (Å²) in [6, 6.07) is 10.4. The third-order valence-corrected chi connectivity index (χ3v) is 7.55. The maximum Gasteiger partial charge on any atom is 0.337 e. The minimum Gasteiger partial charge on any atom is -0.497 e. The van der Waals surface area contributed by atoms with Crippen LogP contribution >= 0.6 is 0 Å². The number of nitro groups is 1. The molecular formula is C29H30N2O8. The largest absolute Gasteiger partial charge is 0.497 e. The number of Topliss-reactive ketones (excluding diaryl/α,β-unsaturated/α-hetero) is 1. The summed E-state index contributed by atoms with van der Waals surface area (Å²) < 4.78 is 21.8. The summed E-state index contributed by atoms with van der Waals surface area (Å²) in [6.07, 6.45) is 0.903. The lowest BCUT2D eigenvalue weighted by Gasteiger charge is -2.36. The molecule has 2 aliphatic heterocycles. The molecule has 3 atom stereocenters. The van der Waals surface area contributed by atoms with Crippen molar-refractivity contribution < 1.29 is 33.5 Å². The van der Waals surface area contributed by atoms with Crippen LogP contribution in [-0.4, -0.2) is 36.7 Å². The Morgan fingerprint density at radius 1 is 1.18 bits per heavy atom. The Morgan fingerprint density at radius 3 is 2.51 bits per heavy atom. The molecule has 5 rings (SSSR count). The van der Waals surface area contributed by atoms with Gasteiger partial charge in [-0.1, -0.05) is 19.1 Å². The van der Waals surface area contributed by atoms with E-state index in [0.29, 0.717) is 35.6 Å². The van der Waals surface area contributed by atoms with E-state index in [0.717, 1.165) is 11.3 Å². The van der Waals surface area contributed by atoms with Gasteiger partial charge in [0.1, 0.15) is 5.75 Å². The van der Waals surface area contributed by atoms with Crippen molar-refractivity contribution in [1.82, 2.24) is 5.32 Å². The number of ether oxygens (including phenoxy) is 4. The lowest BCUT2D eigenvalue weighted by Crippen LogP contribution is -2.36. The number of nitrogens with zero attached hydrogens (tertiary/aromatic N) is 1. The van der Waals surface area contributed by atoms with Gasteiger partial charge in [-0.2, -0.15) is 0 Å². The van der Waals surface area contributed by atoms with Crippen LogP contribution in [0.3, 0.4) is 0 Å². The highest BCUT2D eigenvalue weighted by Crippen LogP contribution is 2.50. The summed E-state index contributed by atoms with van der Waals surface area (Å²) in [7, 11) is 1.59. The number of ketones is 1.